The Morgan fingerprint density at radius 1 is 1.30 bits per heavy atom. The van der Waals surface area contributed by atoms with E-state index >= 15 is 0 Å². The molecule has 3 aromatic heterocycles. The summed E-state index contributed by atoms with van der Waals surface area (Å²) in [6.07, 6.45) is 1.69. The first-order valence-electron chi connectivity index (χ1n) is 9.44. The normalized spacial score (nSPS) is 11.1. The first kappa shape index (κ1) is 19.7. The summed E-state index contributed by atoms with van der Waals surface area (Å²) in [5.41, 5.74) is 19.0. The number of thiophene rings is 1. The molecule has 0 radical (unpaired) electrons. The number of nitrogen functional groups attached to an aromatic ring is 1. The second-order valence-electron chi connectivity index (χ2n) is 6.78. The minimum Gasteiger partial charge on any atom is -0.456 e. The zero-order chi connectivity index (χ0) is 21.3. The number of carbonyl (C=O) groups excluding carboxylic acids is 1. The first-order chi connectivity index (χ1) is 14.5. The molecule has 0 saturated heterocycles. The molecule has 1 aromatic carbocycles. The SMILES string of the molecule is N#Cc1c(NCCCCN)nc2sc(C(N)=O)c(N)c2c1-c1cc2ccccc2o1. The molecule has 1 amide bonds. The number of para-hydroxylation sites is 1. The van der Waals surface area contributed by atoms with Crippen LogP contribution in [0.2, 0.25) is 0 Å². The van der Waals surface area contributed by atoms with Gasteiger partial charge in [-0.05, 0) is 31.5 Å². The number of aromatic nitrogens is 1. The molecule has 3 heterocycles. The number of hydrogen-bond donors (Lipinski definition) is 4. The Morgan fingerprint density at radius 3 is 2.80 bits per heavy atom. The maximum absolute atomic E-state index is 11.9. The molecule has 8 nitrogen and oxygen atoms in total. The number of pyridine rings is 1. The van der Waals surface area contributed by atoms with Crippen LogP contribution in [0.25, 0.3) is 32.5 Å². The second-order valence-corrected chi connectivity index (χ2v) is 7.78. The lowest BCUT2D eigenvalue weighted by atomic mass is 10.0. The Hall–Kier alpha value is -3.61. The van der Waals surface area contributed by atoms with Crippen molar-refractivity contribution in [2.45, 2.75) is 12.8 Å². The van der Waals surface area contributed by atoms with Gasteiger partial charge in [0.15, 0.2) is 0 Å². The number of nitrogens with zero attached hydrogens (tertiary/aromatic N) is 2. The van der Waals surface area contributed by atoms with Gasteiger partial charge in [0.05, 0.1) is 11.3 Å². The number of hydrogen-bond acceptors (Lipinski definition) is 8. The van der Waals surface area contributed by atoms with Crippen LogP contribution in [0.4, 0.5) is 11.5 Å². The molecule has 0 unspecified atom stereocenters. The van der Waals surface area contributed by atoms with E-state index in [2.05, 4.69) is 16.4 Å². The number of nitriles is 1. The number of rotatable bonds is 7. The van der Waals surface area contributed by atoms with Gasteiger partial charge in [-0.2, -0.15) is 5.26 Å². The molecule has 0 aliphatic carbocycles. The number of unbranched alkanes of at least 4 members (excludes halogenated alkanes) is 1. The highest BCUT2D eigenvalue weighted by Crippen LogP contribution is 2.44. The fourth-order valence-corrected chi connectivity index (χ4v) is 4.36. The van der Waals surface area contributed by atoms with Crippen LogP contribution in [0, 0.1) is 11.3 Å². The van der Waals surface area contributed by atoms with Crippen LogP contribution in [-0.4, -0.2) is 24.0 Å². The van der Waals surface area contributed by atoms with E-state index in [1.165, 1.54) is 0 Å². The summed E-state index contributed by atoms with van der Waals surface area (Å²) in [6.45, 7) is 1.19. The summed E-state index contributed by atoms with van der Waals surface area (Å²) in [5, 5.41) is 14.6. The fourth-order valence-electron chi connectivity index (χ4n) is 3.40. The van der Waals surface area contributed by atoms with Gasteiger partial charge in [0.2, 0.25) is 0 Å². The molecule has 152 valence electrons. The van der Waals surface area contributed by atoms with Crippen LogP contribution >= 0.6 is 11.3 Å². The minimum atomic E-state index is -0.637. The monoisotopic (exact) mass is 420 g/mol. The molecule has 4 rings (SSSR count). The number of nitrogens with two attached hydrogens (primary N) is 3. The van der Waals surface area contributed by atoms with Gasteiger partial charge in [0, 0.05) is 17.3 Å². The Morgan fingerprint density at radius 2 is 2.10 bits per heavy atom. The third kappa shape index (κ3) is 3.32. The van der Waals surface area contributed by atoms with Gasteiger partial charge in [-0.3, -0.25) is 4.79 Å². The molecule has 7 N–H and O–H groups in total. The van der Waals surface area contributed by atoms with Gasteiger partial charge in [-0.1, -0.05) is 18.2 Å². The van der Waals surface area contributed by atoms with E-state index in [0.717, 1.165) is 29.6 Å². The molecule has 0 spiro atoms. The predicted octanol–water partition coefficient (Wildman–Crippen LogP) is 3.41. The first-order valence-corrected chi connectivity index (χ1v) is 10.3. The van der Waals surface area contributed by atoms with Crippen molar-refractivity contribution in [3.8, 4) is 17.4 Å². The molecule has 0 aliphatic rings. The topological polar surface area (TPSA) is 157 Å². The maximum Gasteiger partial charge on any atom is 0.260 e. The summed E-state index contributed by atoms with van der Waals surface area (Å²) in [4.78, 5) is 17.2. The van der Waals surface area contributed by atoms with Crippen molar-refractivity contribution >= 4 is 49.9 Å². The van der Waals surface area contributed by atoms with Crippen molar-refractivity contribution in [1.82, 2.24) is 4.98 Å². The van der Waals surface area contributed by atoms with Crippen molar-refractivity contribution in [3.63, 3.8) is 0 Å². The highest BCUT2D eigenvalue weighted by Gasteiger charge is 2.25. The van der Waals surface area contributed by atoms with Crippen molar-refractivity contribution in [1.29, 1.82) is 5.26 Å². The molecule has 30 heavy (non-hydrogen) atoms. The van der Waals surface area contributed by atoms with Gasteiger partial charge in [-0.25, -0.2) is 4.98 Å². The average molecular weight is 420 g/mol. The third-order valence-corrected chi connectivity index (χ3v) is 5.92. The second kappa shape index (κ2) is 8.02. The Kier molecular flexibility index (Phi) is 5.27. The molecule has 4 aromatic rings. The predicted molar refractivity (Wildman–Crippen MR) is 119 cm³/mol. The van der Waals surface area contributed by atoms with E-state index in [1.807, 2.05) is 30.3 Å². The lowest BCUT2D eigenvalue weighted by Crippen LogP contribution is -2.10. The third-order valence-electron chi connectivity index (χ3n) is 4.81. The molecule has 0 bridgehead atoms. The molecule has 0 atom stereocenters. The van der Waals surface area contributed by atoms with Crippen LogP contribution in [-0.2, 0) is 0 Å². The zero-order valence-electron chi connectivity index (χ0n) is 16.1. The van der Waals surface area contributed by atoms with Crippen molar-refractivity contribution in [3.05, 3.63) is 40.8 Å². The number of benzene rings is 1. The average Bonchev–Trinajstić information content (AvgIpc) is 3.31. The number of fused-ring (bicyclic) bond motifs is 2. The molecule has 9 heteroatoms. The Balaban J connectivity index is 1.98. The van der Waals surface area contributed by atoms with E-state index in [4.69, 9.17) is 21.6 Å². The number of furan rings is 1. The van der Waals surface area contributed by atoms with Crippen LogP contribution in [0.5, 0.6) is 0 Å². The van der Waals surface area contributed by atoms with Gasteiger partial charge in [-0.15, -0.1) is 11.3 Å². The number of anilines is 2. The summed E-state index contributed by atoms with van der Waals surface area (Å²) in [5.74, 6) is 0.252. The Labute approximate surface area is 176 Å². The Bertz CT molecular complexity index is 1270. The summed E-state index contributed by atoms with van der Waals surface area (Å²) in [7, 11) is 0. The van der Waals surface area contributed by atoms with Gasteiger partial charge in [0.1, 0.15) is 38.5 Å². The largest absolute Gasteiger partial charge is 0.456 e. The molecule has 0 fully saturated rings. The highest BCUT2D eigenvalue weighted by molar-refractivity contribution is 7.21. The molecule has 0 aliphatic heterocycles. The van der Waals surface area contributed by atoms with Crippen molar-refractivity contribution in [2.75, 3.05) is 24.1 Å². The van der Waals surface area contributed by atoms with E-state index in [0.29, 0.717) is 51.6 Å². The van der Waals surface area contributed by atoms with Gasteiger partial charge in [0.25, 0.3) is 5.91 Å². The van der Waals surface area contributed by atoms with Gasteiger partial charge < -0.3 is 26.9 Å². The smallest absolute Gasteiger partial charge is 0.260 e. The number of carbonyl (C=O) groups is 1. The lowest BCUT2D eigenvalue weighted by Gasteiger charge is -2.11. The summed E-state index contributed by atoms with van der Waals surface area (Å²) in [6, 6.07) is 11.6. The van der Waals surface area contributed by atoms with Crippen LogP contribution in [0.15, 0.2) is 34.7 Å². The fraction of sp³-hybridized carbons (Fsp3) is 0.190. The quantitative estimate of drug-likeness (QED) is 0.334. The van der Waals surface area contributed by atoms with E-state index in [1.54, 1.807) is 0 Å². The maximum atomic E-state index is 11.9. The van der Waals surface area contributed by atoms with Crippen LogP contribution in [0.1, 0.15) is 28.1 Å². The van der Waals surface area contributed by atoms with Gasteiger partial charge >= 0.3 is 0 Å². The van der Waals surface area contributed by atoms with Crippen molar-refractivity contribution < 1.29 is 9.21 Å². The van der Waals surface area contributed by atoms with Crippen LogP contribution in [0.3, 0.4) is 0 Å². The van der Waals surface area contributed by atoms with E-state index in [-0.39, 0.29) is 10.6 Å². The lowest BCUT2D eigenvalue weighted by molar-refractivity contribution is 0.100. The summed E-state index contributed by atoms with van der Waals surface area (Å²) >= 11 is 1.10. The van der Waals surface area contributed by atoms with E-state index in [9.17, 15) is 10.1 Å². The van der Waals surface area contributed by atoms with E-state index < -0.39 is 5.91 Å². The molecule has 0 saturated carbocycles. The number of amides is 1. The molecular formula is C21H20N6O2S. The minimum absolute atomic E-state index is 0.205. The number of primary amides is 1. The molecular weight excluding hydrogens is 400 g/mol. The van der Waals surface area contributed by atoms with Crippen molar-refractivity contribution in [2.24, 2.45) is 11.5 Å². The zero-order valence-corrected chi connectivity index (χ0v) is 16.9. The highest BCUT2D eigenvalue weighted by atomic mass is 32.1. The number of nitrogens with one attached hydrogen (secondary N) is 1. The summed E-state index contributed by atoms with van der Waals surface area (Å²) < 4.78 is 6.04. The van der Waals surface area contributed by atoms with Crippen LogP contribution < -0.4 is 22.5 Å². The standard InChI is InChI=1S/C21H20N6O2S/c22-7-3-4-8-26-20-12(10-23)15(14-9-11-5-1-2-6-13(11)29-14)16-17(24)18(19(25)28)30-21(16)27-20/h1-2,5-6,9H,3-4,7-8,22,24H2,(H2,25,28)(H,26,27).